The van der Waals surface area contributed by atoms with Crippen LogP contribution in [0.4, 0.5) is 11.4 Å². The van der Waals surface area contributed by atoms with Gasteiger partial charge >= 0.3 is 0 Å². The monoisotopic (exact) mass is 547 g/mol. The van der Waals surface area contributed by atoms with Crippen LogP contribution in [0.2, 0.25) is 0 Å². The van der Waals surface area contributed by atoms with Crippen LogP contribution in [-0.2, 0) is 5.75 Å². The Hall–Kier alpha value is -2.50. The SMILES string of the molecule is O=[N+]([O-])c1ccc(O)c(C=Nc2ccc3nc(SCc4ccc(I)cc4)sc3c2)c1. The van der Waals surface area contributed by atoms with E-state index in [1.165, 1.54) is 33.5 Å². The third-order valence-electron chi connectivity index (χ3n) is 4.20. The summed E-state index contributed by atoms with van der Waals surface area (Å²) in [6.07, 6.45) is 1.43. The molecule has 0 aliphatic carbocycles. The number of phenolic OH excluding ortho intramolecular Hbond substituents is 1. The van der Waals surface area contributed by atoms with E-state index in [0.29, 0.717) is 11.3 Å². The van der Waals surface area contributed by atoms with E-state index in [4.69, 9.17) is 0 Å². The zero-order valence-corrected chi connectivity index (χ0v) is 19.1. The van der Waals surface area contributed by atoms with Gasteiger partial charge in [0, 0.05) is 33.2 Å². The maximum atomic E-state index is 10.9. The van der Waals surface area contributed by atoms with Crippen LogP contribution < -0.4 is 0 Å². The summed E-state index contributed by atoms with van der Waals surface area (Å²) in [4.78, 5) is 19.4. The van der Waals surface area contributed by atoms with E-state index in [2.05, 4.69) is 56.8 Å². The molecule has 0 atom stereocenters. The molecular formula is C21H14IN3O3S2. The third kappa shape index (κ3) is 4.97. The number of hydrogen-bond acceptors (Lipinski definition) is 7. The highest BCUT2D eigenvalue weighted by Gasteiger charge is 2.09. The van der Waals surface area contributed by atoms with E-state index in [1.807, 2.05) is 18.2 Å². The first-order chi connectivity index (χ1) is 14.5. The molecule has 0 radical (unpaired) electrons. The van der Waals surface area contributed by atoms with Gasteiger partial charge in [0.05, 0.1) is 20.8 Å². The number of fused-ring (bicyclic) bond motifs is 1. The van der Waals surface area contributed by atoms with E-state index in [9.17, 15) is 15.2 Å². The van der Waals surface area contributed by atoms with Crippen LogP contribution in [0.5, 0.6) is 5.75 Å². The van der Waals surface area contributed by atoms with E-state index >= 15 is 0 Å². The van der Waals surface area contributed by atoms with Crippen molar-refractivity contribution < 1.29 is 10.0 Å². The summed E-state index contributed by atoms with van der Waals surface area (Å²) in [5.74, 6) is 0.797. The van der Waals surface area contributed by atoms with E-state index in [0.717, 1.165) is 20.3 Å². The lowest BCUT2D eigenvalue weighted by Gasteiger charge is -1.99. The number of non-ortho nitro benzene ring substituents is 1. The average molecular weight is 547 g/mol. The molecule has 150 valence electrons. The van der Waals surface area contributed by atoms with E-state index in [-0.39, 0.29) is 11.4 Å². The number of aromatic hydroxyl groups is 1. The molecule has 0 unspecified atom stereocenters. The Kier molecular flexibility index (Phi) is 6.30. The largest absolute Gasteiger partial charge is 0.507 e. The van der Waals surface area contributed by atoms with Gasteiger partial charge in [-0.2, -0.15) is 0 Å². The molecule has 1 N–H and O–H groups in total. The summed E-state index contributed by atoms with van der Waals surface area (Å²) in [5.41, 5.74) is 3.04. The Morgan fingerprint density at radius 3 is 2.73 bits per heavy atom. The normalized spacial score (nSPS) is 11.4. The molecule has 0 fully saturated rings. The van der Waals surface area contributed by atoms with Crippen LogP contribution in [0, 0.1) is 13.7 Å². The fourth-order valence-corrected chi connectivity index (χ4v) is 5.08. The number of nitro benzene ring substituents is 1. The molecule has 1 heterocycles. The summed E-state index contributed by atoms with van der Waals surface area (Å²) in [5, 5.41) is 20.8. The first-order valence-corrected chi connectivity index (χ1v) is 11.7. The van der Waals surface area contributed by atoms with Crippen molar-refractivity contribution in [1.29, 1.82) is 0 Å². The molecule has 0 aliphatic rings. The van der Waals surface area contributed by atoms with Crippen molar-refractivity contribution in [2.45, 2.75) is 10.1 Å². The summed E-state index contributed by atoms with van der Waals surface area (Å²) in [7, 11) is 0. The Labute approximate surface area is 194 Å². The molecule has 0 amide bonds. The van der Waals surface area contributed by atoms with Gasteiger partial charge in [-0.05, 0) is 64.6 Å². The average Bonchev–Trinajstić information content (AvgIpc) is 3.15. The summed E-state index contributed by atoms with van der Waals surface area (Å²) >= 11 is 5.59. The lowest BCUT2D eigenvalue weighted by molar-refractivity contribution is -0.384. The molecular weight excluding hydrogens is 533 g/mol. The number of nitro groups is 1. The van der Waals surface area contributed by atoms with Gasteiger partial charge in [0.15, 0.2) is 4.34 Å². The second-order valence-electron chi connectivity index (χ2n) is 6.31. The van der Waals surface area contributed by atoms with Gasteiger partial charge in [-0.1, -0.05) is 23.9 Å². The summed E-state index contributed by atoms with van der Waals surface area (Å²) < 4.78 is 3.21. The molecule has 30 heavy (non-hydrogen) atoms. The minimum atomic E-state index is -0.504. The van der Waals surface area contributed by atoms with Gasteiger partial charge in [0.1, 0.15) is 5.75 Å². The number of rotatable bonds is 6. The molecule has 6 nitrogen and oxygen atoms in total. The highest BCUT2D eigenvalue weighted by molar-refractivity contribution is 14.1. The van der Waals surface area contributed by atoms with Crippen LogP contribution in [0.3, 0.4) is 0 Å². The van der Waals surface area contributed by atoms with Crippen LogP contribution in [-0.4, -0.2) is 21.2 Å². The van der Waals surface area contributed by atoms with Gasteiger partial charge in [-0.3, -0.25) is 15.1 Å². The minimum Gasteiger partial charge on any atom is -0.507 e. The smallest absolute Gasteiger partial charge is 0.270 e. The quantitative estimate of drug-likeness (QED) is 0.0972. The number of thiazole rings is 1. The molecule has 0 saturated heterocycles. The van der Waals surface area contributed by atoms with Crippen molar-refractivity contribution in [1.82, 2.24) is 4.98 Å². The zero-order valence-electron chi connectivity index (χ0n) is 15.4. The molecule has 0 aliphatic heterocycles. The predicted octanol–water partition coefficient (Wildman–Crippen LogP) is 6.56. The van der Waals surface area contributed by atoms with Gasteiger partial charge < -0.3 is 5.11 Å². The maximum Gasteiger partial charge on any atom is 0.270 e. The molecule has 4 rings (SSSR count). The molecule has 1 aromatic heterocycles. The van der Waals surface area contributed by atoms with Gasteiger partial charge in [0.2, 0.25) is 0 Å². The van der Waals surface area contributed by atoms with Crippen molar-refractivity contribution in [2.24, 2.45) is 4.99 Å². The van der Waals surface area contributed by atoms with Gasteiger partial charge in [-0.15, -0.1) is 11.3 Å². The first-order valence-electron chi connectivity index (χ1n) is 8.77. The molecule has 9 heteroatoms. The molecule has 0 bridgehead atoms. The number of hydrogen-bond donors (Lipinski definition) is 1. The Morgan fingerprint density at radius 2 is 1.97 bits per heavy atom. The summed E-state index contributed by atoms with van der Waals surface area (Å²) in [6, 6.07) is 17.9. The van der Waals surface area contributed by atoms with Gasteiger partial charge in [-0.25, -0.2) is 4.98 Å². The Balaban J connectivity index is 1.51. The van der Waals surface area contributed by atoms with Crippen molar-refractivity contribution in [3.63, 3.8) is 0 Å². The highest BCUT2D eigenvalue weighted by Crippen LogP contribution is 2.33. The topological polar surface area (TPSA) is 88.6 Å². The van der Waals surface area contributed by atoms with Crippen molar-refractivity contribution in [2.75, 3.05) is 0 Å². The number of benzene rings is 3. The standard InChI is InChI=1S/C21H14IN3O3S2/c22-15-3-1-13(2-4-15)12-29-21-24-18-7-5-16(10-20(18)30-21)23-11-14-9-17(25(27)28)6-8-19(14)26/h1-11,26H,12H2. The second kappa shape index (κ2) is 9.11. The fourth-order valence-electron chi connectivity index (χ4n) is 2.66. The van der Waals surface area contributed by atoms with Crippen LogP contribution in [0.25, 0.3) is 10.2 Å². The molecule has 0 spiro atoms. The first kappa shape index (κ1) is 20.8. The number of phenols is 1. The Morgan fingerprint density at radius 1 is 1.17 bits per heavy atom. The van der Waals surface area contributed by atoms with Crippen LogP contribution in [0.15, 0.2) is 70.0 Å². The fraction of sp³-hybridized carbons (Fsp3) is 0.0476. The lowest BCUT2D eigenvalue weighted by Crippen LogP contribution is -1.90. The zero-order chi connectivity index (χ0) is 21.1. The number of aliphatic imine (C=N–C) groups is 1. The van der Waals surface area contributed by atoms with Crippen molar-refractivity contribution in [3.8, 4) is 5.75 Å². The maximum absolute atomic E-state index is 10.9. The third-order valence-corrected chi connectivity index (χ3v) is 7.15. The molecule has 4 aromatic rings. The van der Waals surface area contributed by atoms with E-state index < -0.39 is 4.92 Å². The van der Waals surface area contributed by atoms with Crippen LogP contribution in [0.1, 0.15) is 11.1 Å². The number of thioether (sulfide) groups is 1. The predicted molar refractivity (Wildman–Crippen MR) is 130 cm³/mol. The number of aromatic nitrogens is 1. The molecule has 0 saturated carbocycles. The molecule has 3 aromatic carbocycles. The Bertz CT molecular complexity index is 1260. The van der Waals surface area contributed by atoms with Crippen LogP contribution >= 0.6 is 45.7 Å². The van der Waals surface area contributed by atoms with Gasteiger partial charge in [0.25, 0.3) is 5.69 Å². The number of nitrogens with zero attached hydrogens (tertiary/aromatic N) is 3. The minimum absolute atomic E-state index is 0.0579. The number of halogens is 1. The summed E-state index contributed by atoms with van der Waals surface area (Å²) in [6.45, 7) is 0. The highest BCUT2D eigenvalue weighted by atomic mass is 127. The van der Waals surface area contributed by atoms with Crippen molar-refractivity contribution in [3.05, 3.63) is 85.5 Å². The lowest BCUT2D eigenvalue weighted by atomic mass is 10.2. The van der Waals surface area contributed by atoms with Crippen molar-refractivity contribution >= 4 is 73.5 Å². The second-order valence-corrected chi connectivity index (χ2v) is 9.80. The van der Waals surface area contributed by atoms with E-state index in [1.54, 1.807) is 23.1 Å².